The number of benzene rings is 9. The van der Waals surface area contributed by atoms with E-state index in [4.69, 9.17) is 0 Å². The molecule has 0 unspecified atom stereocenters. The molecular weight excluding hydrogens is 691 g/mol. The standard InChI is InChI=1S/C54H35N3/c1-4-13-36(14-5-1)38-23-26-41(27-24-38)55(40-17-8-3-9-18-40)42-28-30-43(31-29-42)56-49-22-12-20-46-45-32-25-39(37-15-6-2-7-16-37)35-51(45)57-48-21-11-10-19-44(48)47-33-34-50(56)53(52(46)49)54(47)57/h1-35H. The Labute approximate surface area is 329 Å². The Hall–Kier alpha value is -7.62. The number of rotatable bonds is 6. The maximum absolute atomic E-state index is 2.53. The SMILES string of the molecule is c1ccc(-c2ccc(N(c3ccccc3)c3ccc(-n4c5cccc6c7ccc(-c8ccccc8)cc7n7c8ccccc8c8ccc4c(c65)c87)cc3)cc2)cc1. The molecule has 0 saturated heterocycles. The van der Waals surface area contributed by atoms with E-state index in [1.54, 1.807) is 0 Å². The van der Waals surface area contributed by atoms with E-state index in [-0.39, 0.29) is 0 Å². The lowest BCUT2D eigenvalue weighted by atomic mass is 10.0. The van der Waals surface area contributed by atoms with E-state index in [2.05, 4.69) is 226 Å². The number of hydrogen-bond donors (Lipinski definition) is 0. The van der Waals surface area contributed by atoms with Crippen LogP contribution in [0, 0.1) is 0 Å². The second-order valence-corrected chi connectivity index (χ2v) is 14.9. The molecule has 0 radical (unpaired) electrons. The zero-order valence-corrected chi connectivity index (χ0v) is 31.0. The Kier molecular flexibility index (Phi) is 6.93. The van der Waals surface area contributed by atoms with Crippen molar-refractivity contribution in [1.29, 1.82) is 0 Å². The molecule has 9 aromatic carbocycles. The fraction of sp³-hybridized carbons (Fsp3) is 0. The normalized spacial score (nSPS) is 11.9. The summed E-state index contributed by atoms with van der Waals surface area (Å²) >= 11 is 0. The molecule has 0 bridgehead atoms. The number of para-hydroxylation sites is 2. The van der Waals surface area contributed by atoms with Crippen LogP contribution in [0.3, 0.4) is 0 Å². The van der Waals surface area contributed by atoms with E-state index in [1.807, 2.05) is 0 Å². The van der Waals surface area contributed by atoms with Crippen LogP contribution in [0.25, 0.3) is 87.8 Å². The molecule has 0 atom stereocenters. The van der Waals surface area contributed by atoms with Crippen molar-refractivity contribution in [2.45, 2.75) is 0 Å². The van der Waals surface area contributed by atoms with Gasteiger partial charge in [0, 0.05) is 49.7 Å². The van der Waals surface area contributed by atoms with Crippen LogP contribution in [-0.4, -0.2) is 8.97 Å². The van der Waals surface area contributed by atoms with Gasteiger partial charge in [0.1, 0.15) is 0 Å². The summed E-state index contributed by atoms with van der Waals surface area (Å²) in [5.74, 6) is 0. The van der Waals surface area contributed by atoms with Crippen LogP contribution < -0.4 is 4.90 Å². The van der Waals surface area contributed by atoms with Crippen LogP contribution in [0.4, 0.5) is 17.1 Å². The lowest BCUT2D eigenvalue weighted by Crippen LogP contribution is -2.10. The highest BCUT2D eigenvalue weighted by Gasteiger charge is 2.23. The minimum Gasteiger partial charge on any atom is -0.311 e. The Morgan fingerprint density at radius 3 is 1.54 bits per heavy atom. The predicted molar refractivity (Wildman–Crippen MR) is 241 cm³/mol. The third-order valence-corrected chi connectivity index (χ3v) is 11.8. The minimum atomic E-state index is 1.10. The van der Waals surface area contributed by atoms with E-state index < -0.39 is 0 Å². The molecule has 3 heteroatoms. The van der Waals surface area contributed by atoms with Crippen molar-refractivity contribution in [2.24, 2.45) is 0 Å². The van der Waals surface area contributed by atoms with E-state index in [9.17, 15) is 0 Å². The first-order chi connectivity index (χ1) is 28.3. The third kappa shape index (κ3) is 4.79. The molecule has 3 nitrogen and oxygen atoms in total. The molecule has 0 aliphatic heterocycles. The number of aromatic nitrogens is 2. The van der Waals surface area contributed by atoms with Gasteiger partial charge in [0.2, 0.25) is 0 Å². The lowest BCUT2D eigenvalue weighted by molar-refractivity contribution is 1.17. The Morgan fingerprint density at radius 1 is 0.298 bits per heavy atom. The van der Waals surface area contributed by atoms with Gasteiger partial charge in [0.05, 0.1) is 27.6 Å². The molecule has 0 saturated carbocycles. The maximum Gasteiger partial charge on any atom is 0.0641 e. The first-order valence-electron chi connectivity index (χ1n) is 19.6. The lowest BCUT2D eigenvalue weighted by Gasteiger charge is -2.26. The molecule has 0 N–H and O–H groups in total. The van der Waals surface area contributed by atoms with Gasteiger partial charge in [-0.25, -0.2) is 0 Å². The van der Waals surface area contributed by atoms with Crippen LogP contribution in [0.15, 0.2) is 212 Å². The fourth-order valence-corrected chi connectivity index (χ4v) is 9.31. The highest BCUT2D eigenvalue weighted by Crippen LogP contribution is 2.46. The van der Waals surface area contributed by atoms with Crippen molar-refractivity contribution in [3.8, 4) is 27.9 Å². The number of fused-ring (bicyclic) bond motifs is 6. The van der Waals surface area contributed by atoms with E-state index in [0.717, 1.165) is 22.7 Å². The molecule has 266 valence electrons. The topological polar surface area (TPSA) is 12.6 Å². The summed E-state index contributed by atoms with van der Waals surface area (Å²) in [5.41, 5.74) is 15.4. The van der Waals surface area contributed by atoms with E-state index in [1.165, 1.54) is 82.2 Å². The quantitative estimate of drug-likeness (QED) is 0.166. The third-order valence-electron chi connectivity index (χ3n) is 11.8. The Morgan fingerprint density at radius 2 is 0.807 bits per heavy atom. The number of hydrogen-bond acceptors (Lipinski definition) is 1. The van der Waals surface area contributed by atoms with Gasteiger partial charge in [-0.3, -0.25) is 0 Å². The molecule has 0 fully saturated rings. The fourth-order valence-electron chi connectivity index (χ4n) is 9.31. The van der Waals surface area contributed by atoms with Crippen molar-refractivity contribution in [2.75, 3.05) is 4.90 Å². The minimum absolute atomic E-state index is 1.10. The summed E-state index contributed by atoms with van der Waals surface area (Å²) in [6.45, 7) is 0. The van der Waals surface area contributed by atoms with E-state index in [0.29, 0.717) is 0 Å². The molecule has 3 aromatic heterocycles. The smallest absolute Gasteiger partial charge is 0.0641 e. The van der Waals surface area contributed by atoms with Crippen molar-refractivity contribution >= 4 is 77.0 Å². The molecule has 0 aliphatic rings. The molecule has 0 spiro atoms. The van der Waals surface area contributed by atoms with Crippen LogP contribution in [0.5, 0.6) is 0 Å². The second kappa shape index (κ2) is 12.5. The molecule has 12 aromatic rings. The highest BCUT2D eigenvalue weighted by atomic mass is 15.1. The summed E-state index contributed by atoms with van der Waals surface area (Å²) in [6.07, 6.45) is 0. The van der Waals surface area contributed by atoms with Gasteiger partial charge in [0.15, 0.2) is 0 Å². The van der Waals surface area contributed by atoms with Crippen LogP contribution in [0.1, 0.15) is 0 Å². The van der Waals surface area contributed by atoms with Gasteiger partial charge in [-0.15, -0.1) is 0 Å². The molecule has 12 rings (SSSR count). The van der Waals surface area contributed by atoms with Crippen LogP contribution in [-0.2, 0) is 0 Å². The average molecular weight is 726 g/mol. The Balaban J connectivity index is 1.08. The van der Waals surface area contributed by atoms with Crippen molar-refractivity contribution in [3.63, 3.8) is 0 Å². The second-order valence-electron chi connectivity index (χ2n) is 14.9. The average Bonchev–Trinajstić information content (AvgIpc) is 3.76. The molecule has 0 aliphatic carbocycles. The van der Waals surface area contributed by atoms with Gasteiger partial charge in [-0.2, -0.15) is 0 Å². The Bertz CT molecular complexity index is 3420. The predicted octanol–water partition coefficient (Wildman–Crippen LogP) is 14.7. The summed E-state index contributed by atoms with van der Waals surface area (Å²) in [5, 5.41) is 7.63. The van der Waals surface area contributed by atoms with E-state index >= 15 is 0 Å². The molecule has 3 heterocycles. The number of nitrogens with zero attached hydrogens (tertiary/aromatic N) is 3. The van der Waals surface area contributed by atoms with Gasteiger partial charge >= 0.3 is 0 Å². The monoisotopic (exact) mass is 725 g/mol. The van der Waals surface area contributed by atoms with Gasteiger partial charge in [0.25, 0.3) is 0 Å². The van der Waals surface area contributed by atoms with Crippen LogP contribution >= 0.6 is 0 Å². The first kappa shape index (κ1) is 31.7. The maximum atomic E-state index is 2.53. The highest BCUT2D eigenvalue weighted by molar-refractivity contribution is 6.33. The zero-order valence-electron chi connectivity index (χ0n) is 31.0. The zero-order chi connectivity index (χ0) is 37.5. The summed E-state index contributed by atoms with van der Waals surface area (Å²) in [7, 11) is 0. The van der Waals surface area contributed by atoms with Gasteiger partial charge < -0.3 is 13.9 Å². The van der Waals surface area contributed by atoms with Gasteiger partial charge in [-0.05, 0) is 100 Å². The largest absolute Gasteiger partial charge is 0.311 e. The van der Waals surface area contributed by atoms with Crippen molar-refractivity contribution in [1.82, 2.24) is 8.97 Å². The first-order valence-corrected chi connectivity index (χ1v) is 19.6. The molecule has 0 amide bonds. The number of anilines is 3. The molecule has 57 heavy (non-hydrogen) atoms. The summed E-state index contributed by atoms with van der Waals surface area (Å²) < 4.78 is 4.99. The van der Waals surface area contributed by atoms with Crippen molar-refractivity contribution < 1.29 is 0 Å². The van der Waals surface area contributed by atoms with Crippen molar-refractivity contribution in [3.05, 3.63) is 212 Å². The van der Waals surface area contributed by atoms with Crippen LogP contribution in [0.2, 0.25) is 0 Å². The summed E-state index contributed by atoms with van der Waals surface area (Å²) in [6, 6.07) is 77.3. The molecular formula is C54H35N3. The summed E-state index contributed by atoms with van der Waals surface area (Å²) in [4.78, 5) is 2.34. The van der Waals surface area contributed by atoms with Gasteiger partial charge in [-0.1, -0.05) is 140 Å².